The van der Waals surface area contributed by atoms with E-state index >= 15 is 0 Å². The Kier molecular flexibility index (Phi) is 5.50. The topological polar surface area (TPSA) is 66.9 Å². The minimum atomic E-state index is -1.03. The van der Waals surface area contributed by atoms with Gasteiger partial charge in [-0.3, -0.25) is 14.4 Å². The molecule has 6 nitrogen and oxygen atoms in total. The molecule has 0 radical (unpaired) electrons. The van der Waals surface area contributed by atoms with Crippen LogP contribution in [0.2, 0.25) is 0 Å². The molecular formula is C25H30N2O4. The first kappa shape index (κ1) is 21.3. The molecule has 1 atom stereocenters. The van der Waals surface area contributed by atoms with Crippen molar-refractivity contribution in [3.8, 4) is 0 Å². The first-order valence-electron chi connectivity index (χ1n) is 10.9. The maximum Gasteiger partial charge on any atom is 0.266 e. The van der Waals surface area contributed by atoms with Crippen LogP contribution in [0.3, 0.4) is 0 Å². The van der Waals surface area contributed by atoms with Crippen molar-refractivity contribution in [1.82, 2.24) is 9.80 Å². The number of allylic oxidation sites excluding steroid dienone is 1. The summed E-state index contributed by atoms with van der Waals surface area (Å²) in [5.74, 6) is 0.643. The molecule has 0 saturated carbocycles. The molecule has 1 aliphatic carbocycles. The summed E-state index contributed by atoms with van der Waals surface area (Å²) < 4.78 is 6.11. The smallest absolute Gasteiger partial charge is 0.266 e. The van der Waals surface area contributed by atoms with Gasteiger partial charge < -0.3 is 14.5 Å². The Morgan fingerprint density at radius 3 is 2.26 bits per heavy atom. The highest BCUT2D eigenvalue weighted by atomic mass is 16.5. The number of hydrogen-bond acceptors (Lipinski definition) is 4. The van der Waals surface area contributed by atoms with E-state index in [0.717, 1.165) is 5.56 Å². The van der Waals surface area contributed by atoms with Gasteiger partial charge in [0.25, 0.3) is 5.91 Å². The van der Waals surface area contributed by atoms with E-state index in [9.17, 15) is 14.4 Å². The first-order chi connectivity index (χ1) is 14.7. The largest absolute Gasteiger partial charge is 0.481 e. The molecule has 0 aromatic heterocycles. The van der Waals surface area contributed by atoms with Gasteiger partial charge in [0.15, 0.2) is 11.4 Å². The predicted molar refractivity (Wildman–Crippen MR) is 118 cm³/mol. The molecule has 0 spiro atoms. The van der Waals surface area contributed by atoms with Gasteiger partial charge in [-0.1, -0.05) is 44.2 Å². The minimum Gasteiger partial charge on any atom is -0.481 e. The highest BCUT2D eigenvalue weighted by Crippen LogP contribution is 2.46. The Morgan fingerprint density at radius 1 is 0.935 bits per heavy atom. The Bertz CT molecular complexity index is 955. The number of Topliss-reactive ketones (excluding diaryl/α,β-unsaturated/α-hetero) is 1. The lowest BCUT2D eigenvalue weighted by molar-refractivity contribution is -0.153. The van der Waals surface area contributed by atoms with Crippen LogP contribution in [-0.4, -0.2) is 59.2 Å². The zero-order chi connectivity index (χ0) is 22.2. The number of nitrogens with zero attached hydrogens (tertiary/aromatic N) is 2. The summed E-state index contributed by atoms with van der Waals surface area (Å²) in [5.41, 5.74) is 0.504. The van der Waals surface area contributed by atoms with Crippen molar-refractivity contribution in [2.75, 3.05) is 26.2 Å². The van der Waals surface area contributed by atoms with Gasteiger partial charge in [0.1, 0.15) is 5.76 Å². The Morgan fingerprint density at radius 2 is 1.58 bits per heavy atom. The van der Waals surface area contributed by atoms with Crippen molar-refractivity contribution in [2.45, 2.75) is 45.6 Å². The Labute approximate surface area is 183 Å². The molecule has 0 N–H and O–H groups in total. The molecule has 1 fully saturated rings. The molecule has 3 aliphatic rings. The lowest BCUT2D eigenvalue weighted by atomic mass is 9.76. The fourth-order valence-corrected chi connectivity index (χ4v) is 4.66. The lowest BCUT2D eigenvalue weighted by Crippen LogP contribution is -2.55. The van der Waals surface area contributed by atoms with Crippen LogP contribution in [0.15, 0.2) is 47.7 Å². The van der Waals surface area contributed by atoms with E-state index in [-0.39, 0.29) is 23.0 Å². The van der Waals surface area contributed by atoms with Gasteiger partial charge in [0, 0.05) is 57.1 Å². The van der Waals surface area contributed by atoms with Crippen molar-refractivity contribution in [2.24, 2.45) is 5.41 Å². The zero-order valence-corrected chi connectivity index (χ0v) is 18.5. The molecule has 1 aromatic rings. The van der Waals surface area contributed by atoms with E-state index in [4.69, 9.17) is 4.74 Å². The molecule has 0 bridgehead atoms. The lowest BCUT2D eigenvalue weighted by Gasteiger charge is -2.38. The monoisotopic (exact) mass is 422 g/mol. The van der Waals surface area contributed by atoms with Crippen LogP contribution in [0.4, 0.5) is 0 Å². The van der Waals surface area contributed by atoms with Gasteiger partial charge >= 0.3 is 0 Å². The van der Waals surface area contributed by atoms with Gasteiger partial charge in [0.05, 0.1) is 0 Å². The number of amides is 2. The molecule has 6 heteroatoms. The number of ketones is 1. The third kappa shape index (κ3) is 4.43. The van der Waals surface area contributed by atoms with Crippen LogP contribution in [0.1, 0.15) is 45.6 Å². The number of hydrogen-bond donors (Lipinski definition) is 0. The maximum absolute atomic E-state index is 13.3. The Hall–Kier alpha value is -2.89. The fraction of sp³-hybridized carbons (Fsp3) is 0.480. The molecule has 4 rings (SSSR count). The van der Waals surface area contributed by atoms with E-state index in [1.54, 1.807) is 22.8 Å². The SMILES string of the molecule is CC1(C)CC(=O)C2=C(C1)OC(C)(C(=O)N1CCN(C(=O)C=Cc3ccccc3)CC1)C2. The second kappa shape index (κ2) is 7.98. The van der Waals surface area contributed by atoms with E-state index in [1.807, 2.05) is 36.4 Å². The number of carbonyl (C=O) groups is 3. The van der Waals surface area contributed by atoms with E-state index in [1.165, 1.54) is 0 Å². The number of benzene rings is 1. The van der Waals surface area contributed by atoms with Crippen molar-refractivity contribution >= 4 is 23.7 Å². The van der Waals surface area contributed by atoms with Crippen molar-refractivity contribution in [3.05, 3.63) is 53.3 Å². The first-order valence-corrected chi connectivity index (χ1v) is 10.9. The molecule has 1 aromatic carbocycles. The van der Waals surface area contributed by atoms with Gasteiger partial charge in [0.2, 0.25) is 5.91 Å². The van der Waals surface area contributed by atoms with Crippen molar-refractivity contribution in [1.29, 1.82) is 0 Å². The molecule has 2 amide bonds. The summed E-state index contributed by atoms with van der Waals surface area (Å²) in [4.78, 5) is 41.8. The number of rotatable bonds is 3. The maximum atomic E-state index is 13.3. The van der Waals surface area contributed by atoms with Crippen LogP contribution in [0, 0.1) is 5.41 Å². The quantitative estimate of drug-likeness (QED) is 0.702. The second-order valence-corrected chi connectivity index (χ2v) is 9.71. The number of carbonyl (C=O) groups excluding carboxylic acids is 3. The molecule has 31 heavy (non-hydrogen) atoms. The normalized spacial score (nSPS) is 25.6. The summed E-state index contributed by atoms with van der Waals surface area (Å²) >= 11 is 0. The third-order valence-electron chi connectivity index (χ3n) is 6.36. The number of ether oxygens (including phenoxy) is 1. The van der Waals surface area contributed by atoms with E-state index < -0.39 is 5.60 Å². The van der Waals surface area contributed by atoms with Gasteiger partial charge in [-0.25, -0.2) is 0 Å². The van der Waals surface area contributed by atoms with E-state index in [2.05, 4.69) is 13.8 Å². The Balaban J connectivity index is 1.34. The summed E-state index contributed by atoms with van der Waals surface area (Å²) in [6, 6.07) is 9.69. The molecule has 1 unspecified atom stereocenters. The van der Waals surface area contributed by atoms with Gasteiger partial charge in [-0.05, 0) is 24.0 Å². The minimum absolute atomic E-state index is 0.0516. The standard InChI is InChI=1S/C25H30N2O4/c1-24(2)16-20(28)19-15-25(3,31-21(19)17-24)23(30)27-13-11-26(12-14-27)22(29)10-9-18-7-5-4-6-8-18/h4-10H,11-17H2,1-3H3. The third-order valence-corrected chi connectivity index (χ3v) is 6.36. The molecule has 1 saturated heterocycles. The van der Waals surface area contributed by atoms with Crippen LogP contribution in [0.25, 0.3) is 6.08 Å². The van der Waals surface area contributed by atoms with Crippen molar-refractivity contribution < 1.29 is 19.1 Å². The van der Waals surface area contributed by atoms with Crippen LogP contribution in [0.5, 0.6) is 0 Å². The number of piperazine rings is 1. The highest BCUT2D eigenvalue weighted by Gasteiger charge is 2.50. The fourth-order valence-electron chi connectivity index (χ4n) is 4.66. The van der Waals surface area contributed by atoms with Crippen LogP contribution < -0.4 is 0 Å². The van der Waals surface area contributed by atoms with Crippen LogP contribution >= 0.6 is 0 Å². The molecule has 2 aliphatic heterocycles. The van der Waals surface area contributed by atoms with Gasteiger partial charge in [-0.15, -0.1) is 0 Å². The van der Waals surface area contributed by atoms with Crippen molar-refractivity contribution in [3.63, 3.8) is 0 Å². The summed E-state index contributed by atoms with van der Waals surface area (Å²) in [6.45, 7) is 7.79. The molecule has 164 valence electrons. The predicted octanol–water partition coefficient (Wildman–Crippen LogP) is 3.19. The highest BCUT2D eigenvalue weighted by molar-refractivity contribution is 6.00. The summed E-state index contributed by atoms with van der Waals surface area (Å²) in [6.07, 6.45) is 4.92. The van der Waals surface area contributed by atoms with Crippen LogP contribution in [-0.2, 0) is 19.1 Å². The average molecular weight is 423 g/mol. The average Bonchev–Trinajstić information content (AvgIpc) is 3.09. The molecular weight excluding hydrogens is 392 g/mol. The summed E-state index contributed by atoms with van der Waals surface area (Å²) in [7, 11) is 0. The van der Waals surface area contributed by atoms with E-state index in [0.29, 0.717) is 56.8 Å². The summed E-state index contributed by atoms with van der Waals surface area (Å²) in [5, 5.41) is 0. The molecule has 2 heterocycles. The van der Waals surface area contributed by atoms with Gasteiger partial charge in [-0.2, -0.15) is 0 Å². The second-order valence-electron chi connectivity index (χ2n) is 9.71. The zero-order valence-electron chi connectivity index (χ0n) is 18.5.